The van der Waals surface area contributed by atoms with Gasteiger partial charge < -0.3 is 26.1 Å². The Bertz CT molecular complexity index is 1270. The molecule has 0 aliphatic carbocycles. The van der Waals surface area contributed by atoms with Crippen LogP contribution < -0.4 is 15.8 Å². The normalized spacial score (nSPS) is 19.6. The van der Waals surface area contributed by atoms with Crippen LogP contribution in [-0.2, 0) is 14.4 Å². The highest BCUT2D eigenvalue weighted by atomic mass is 32.2. The van der Waals surface area contributed by atoms with Gasteiger partial charge in [-0.05, 0) is 31.2 Å². The maximum Gasteiger partial charge on any atom is 0.352 e. The molecule has 1 unspecified atom stereocenters. The number of nitrogens with one attached hydrogen (secondary N) is 1. The van der Waals surface area contributed by atoms with Gasteiger partial charge in [-0.1, -0.05) is 5.16 Å². The number of hydrogen-bond donors (Lipinski definition) is 4. The van der Waals surface area contributed by atoms with E-state index in [1.165, 1.54) is 24.1 Å². The number of nitrogen functional groups attached to an aromatic ring is 1. The monoisotopic (exact) mass is 517 g/mol. The number of fused-ring (bicyclic) bond motifs is 1. The number of aromatic nitrogens is 1. The average molecular weight is 518 g/mol. The maximum atomic E-state index is 12.8. The van der Waals surface area contributed by atoms with Crippen molar-refractivity contribution in [3.05, 3.63) is 52.2 Å². The van der Waals surface area contributed by atoms with Gasteiger partial charge in [0.05, 0.1) is 0 Å². The number of hydrogen-bond acceptors (Lipinski definition) is 11. The number of aliphatic carboxylic acids is 1. The number of benzene rings is 1. The summed E-state index contributed by atoms with van der Waals surface area (Å²) in [5.74, 6) is -2.16. The molecule has 14 heteroatoms. The Kier molecular flexibility index (Phi) is 6.75. The Morgan fingerprint density at radius 1 is 1.31 bits per heavy atom. The van der Waals surface area contributed by atoms with Crippen molar-refractivity contribution in [3.63, 3.8) is 0 Å². The molecule has 2 aliphatic rings. The number of oxime groups is 1. The molecule has 0 bridgehead atoms. The molecule has 35 heavy (non-hydrogen) atoms. The zero-order valence-corrected chi connectivity index (χ0v) is 19.8. The van der Waals surface area contributed by atoms with E-state index in [1.54, 1.807) is 24.3 Å². The molecule has 2 amide bonds. The molecule has 1 saturated heterocycles. The fourth-order valence-electron chi connectivity index (χ4n) is 3.57. The van der Waals surface area contributed by atoms with Crippen molar-refractivity contribution < 1.29 is 34.2 Å². The average Bonchev–Trinajstić information content (AvgIpc) is 3.26. The highest BCUT2D eigenvalue weighted by Crippen LogP contribution is 2.40. The zero-order chi connectivity index (χ0) is 25.3. The maximum absolute atomic E-state index is 12.8. The molecule has 12 nitrogen and oxygen atoms in total. The van der Waals surface area contributed by atoms with Gasteiger partial charge in [0.25, 0.3) is 11.8 Å². The second-order valence-corrected chi connectivity index (χ2v) is 9.50. The van der Waals surface area contributed by atoms with E-state index in [2.05, 4.69) is 15.5 Å². The van der Waals surface area contributed by atoms with Gasteiger partial charge in [-0.2, -0.15) is 0 Å². The fraction of sp³-hybridized carbons (Fsp3) is 0.238. The van der Waals surface area contributed by atoms with Crippen LogP contribution in [0.25, 0.3) is 0 Å². The van der Waals surface area contributed by atoms with Crippen LogP contribution in [0.4, 0.5) is 5.13 Å². The second-order valence-electron chi connectivity index (χ2n) is 7.51. The lowest BCUT2D eigenvalue weighted by Crippen LogP contribution is -2.71. The predicted octanol–water partition coefficient (Wildman–Crippen LogP) is 0.924. The first kappa shape index (κ1) is 24.2. The summed E-state index contributed by atoms with van der Waals surface area (Å²) in [4.78, 5) is 53.8. The first-order valence-corrected chi connectivity index (χ1v) is 12.0. The number of nitrogens with two attached hydrogens (primary N) is 1. The van der Waals surface area contributed by atoms with Crippen LogP contribution in [0.3, 0.4) is 0 Å². The third-order valence-corrected chi connectivity index (χ3v) is 7.30. The third kappa shape index (κ3) is 4.70. The summed E-state index contributed by atoms with van der Waals surface area (Å²) < 4.78 is 5.68. The summed E-state index contributed by atoms with van der Waals surface area (Å²) in [6.07, 6.45) is 0. The lowest BCUT2D eigenvalue weighted by atomic mass is 10.0. The minimum atomic E-state index is -1.30. The third-order valence-electron chi connectivity index (χ3n) is 5.29. The van der Waals surface area contributed by atoms with Gasteiger partial charge in [0.1, 0.15) is 35.2 Å². The minimum Gasteiger partial charge on any atom is -0.489 e. The van der Waals surface area contributed by atoms with E-state index >= 15 is 0 Å². The molecule has 0 spiro atoms. The van der Waals surface area contributed by atoms with Crippen molar-refractivity contribution in [2.45, 2.75) is 18.3 Å². The molecule has 0 radical (unpaired) electrons. The number of rotatable bonds is 8. The number of thiazole rings is 1. The van der Waals surface area contributed by atoms with E-state index in [1.807, 2.05) is 0 Å². The Balaban J connectivity index is 1.46. The molecule has 5 N–H and O–H groups in total. The van der Waals surface area contributed by atoms with Crippen LogP contribution >= 0.6 is 23.1 Å². The Hall–Kier alpha value is -3.91. The number of β-lactam (4-membered cyclic amide) rings is 1. The van der Waals surface area contributed by atoms with E-state index in [0.29, 0.717) is 16.9 Å². The summed E-state index contributed by atoms with van der Waals surface area (Å²) >= 11 is 2.31. The number of amides is 2. The minimum absolute atomic E-state index is 0.0503. The van der Waals surface area contributed by atoms with Crippen LogP contribution in [0.2, 0.25) is 0 Å². The first-order chi connectivity index (χ1) is 16.7. The standard InChI is InChI=1S/C21H19N5O7S2/c1-9(27)10-2-4-12(5-3-10)33-6-11-7-34-19-15(18(29)26(19)16(11)20(30)31)24-17(28)14(25-32)13-8-35-21(22)23-13/h2-5,8,15,19,32H,6-7H2,1H3,(H2,22,23)(H,24,28)(H,30,31)/b25-14-/t15?,19-/m1/s1. The molecule has 1 aromatic heterocycles. The largest absolute Gasteiger partial charge is 0.489 e. The van der Waals surface area contributed by atoms with Crippen molar-refractivity contribution in [2.75, 3.05) is 18.1 Å². The van der Waals surface area contributed by atoms with E-state index in [0.717, 1.165) is 16.2 Å². The van der Waals surface area contributed by atoms with Crippen molar-refractivity contribution in [2.24, 2.45) is 5.16 Å². The number of Topliss-reactive ketones (excluding diaryl/α,β-unsaturated/α-hetero) is 1. The number of ketones is 1. The topological polar surface area (TPSA) is 185 Å². The van der Waals surface area contributed by atoms with Crippen LogP contribution in [-0.4, -0.2) is 73.3 Å². The molecule has 1 aromatic carbocycles. The number of thioether (sulfide) groups is 1. The van der Waals surface area contributed by atoms with Gasteiger partial charge in [-0.25, -0.2) is 9.78 Å². The van der Waals surface area contributed by atoms with Crippen LogP contribution in [0.5, 0.6) is 5.75 Å². The van der Waals surface area contributed by atoms with Gasteiger partial charge in [-0.3, -0.25) is 19.3 Å². The van der Waals surface area contributed by atoms with Gasteiger partial charge >= 0.3 is 5.97 Å². The molecule has 3 heterocycles. The molecular weight excluding hydrogens is 498 g/mol. The number of nitrogens with zero attached hydrogens (tertiary/aromatic N) is 3. The summed E-state index contributed by atoms with van der Waals surface area (Å²) in [5.41, 5.74) is 5.89. The number of carbonyl (C=O) groups excluding carboxylic acids is 3. The summed E-state index contributed by atoms with van der Waals surface area (Å²) in [6.45, 7) is 1.37. The van der Waals surface area contributed by atoms with Crippen molar-refractivity contribution in [3.8, 4) is 5.75 Å². The highest BCUT2D eigenvalue weighted by molar-refractivity contribution is 8.00. The smallest absolute Gasteiger partial charge is 0.352 e. The number of anilines is 1. The number of carboxylic acid groups (broad SMARTS) is 1. The molecule has 2 aliphatic heterocycles. The van der Waals surface area contributed by atoms with Crippen molar-refractivity contribution in [1.82, 2.24) is 15.2 Å². The van der Waals surface area contributed by atoms with E-state index in [9.17, 15) is 29.5 Å². The lowest BCUT2D eigenvalue weighted by molar-refractivity contribution is -0.150. The van der Waals surface area contributed by atoms with E-state index in [4.69, 9.17) is 10.5 Å². The van der Waals surface area contributed by atoms with Crippen LogP contribution in [0.15, 0.2) is 46.1 Å². The van der Waals surface area contributed by atoms with E-state index < -0.39 is 34.9 Å². The van der Waals surface area contributed by atoms with Gasteiger partial charge in [0.15, 0.2) is 16.6 Å². The number of carbonyl (C=O) groups is 4. The number of ether oxygens (including phenoxy) is 1. The lowest BCUT2D eigenvalue weighted by Gasteiger charge is -2.49. The predicted molar refractivity (Wildman–Crippen MR) is 126 cm³/mol. The van der Waals surface area contributed by atoms with Crippen LogP contribution in [0.1, 0.15) is 23.0 Å². The van der Waals surface area contributed by atoms with Gasteiger partial charge in [0, 0.05) is 22.3 Å². The summed E-state index contributed by atoms with van der Waals surface area (Å²) in [5, 5.41) is 25.4. The molecule has 182 valence electrons. The van der Waals surface area contributed by atoms with Gasteiger partial charge in [0.2, 0.25) is 0 Å². The van der Waals surface area contributed by atoms with Gasteiger partial charge in [-0.15, -0.1) is 23.1 Å². The molecule has 0 saturated carbocycles. The molecular formula is C21H19N5O7S2. The summed E-state index contributed by atoms with van der Waals surface area (Å²) in [7, 11) is 0. The molecule has 2 aromatic rings. The Morgan fingerprint density at radius 3 is 2.60 bits per heavy atom. The summed E-state index contributed by atoms with van der Waals surface area (Å²) in [6, 6.07) is 5.40. The van der Waals surface area contributed by atoms with Crippen molar-refractivity contribution >= 4 is 57.5 Å². The zero-order valence-electron chi connectivity index (χ0n) is 18.1. The first-order valence-electron chi connectivity index (χ1n) is 10.1. The molecule has 4 rings (SSSR count). The molecule has 2 atom stereocenters. The highest BCUT2D eigenvalue weighted by Gasteiger charge is 2.54. The Labute approximate surface area is 206 Å². The van der Waals surface area contributed by atoms with Crippen molar-refractivity contribution in [1.29, 1.82) is 0 Å². The second kappa shape index (κ2) is 9.76. The quantitative estimate of drug-likeness (QED) is 0.129. The Morgan fingerprint density at radius 2 is 2.03 bits per heavy atom. The van der Waals surface area contributed by atoms with E-state index in [-0.39, 0.29) is 34.7 Å². The van der Waals surface area contributed by atoms with Crippen LogP contribution in [0, 0.1) is 0 Å². The fourth-order valence-corrected chi connectivity index (χ4v) is 5.44. The SMILES string of the molecule is CC(=O)c1ccc(OCC2=C(C(=O)O)N3C(=O)C(NC(=O)/C(=N\O)c4csc(N)n4)[C@H]3SC2)cc1. The molecule has 1 fully saturated rings. The number of carboxylic acids is 1.